The molecule has 0 atom stereocenters. The Bertz CT molecular complexity index is 1120. The lowest BCUT2D eigenvalue weighted by Gasteiger charge is -2.25. The van der Waals surface area contributed by atoms with Crippen LogP contribution in [-0.2, 0) is 14.8 Å². The van der Waals surface area contributed by atoms with Gasteiger partial charge in [0, 0.05) is 10.7 Å². The Hall–Kier alpha value is -2.55. The fourth-order valence-corrected chi connectivity index (χ4v) is 5.37. The highest BCUT2D eigenvalue weighted by atomic mass is 35.5. The minimum absolute atomic E-state index is 0.134. The summed E-state index contributed by atoms with van der Waals surface area (Å²) in [7, 11) is -2.51. The molecule has 0 saturated carbocycles. The number of para-hydroxylation sites is 2. The first-order chi connectivity index (χ1) is 13.8. The topological polar surface area (TPSA) is 75.7 Å². The number of ether oxygens (including phenoxy) is 1. The van der Waals surface area contributed by atoms with Crippen LogP contribution in [0.1, 0.15) is 5.56 Å². The number of carbonyl (C=O) groups is 1. The zero-order valence-electron chi connectivity index (χ0n) is 15.8. The van der Waals surface area contributed by atoms with Gasteiger partial charge in [-0.25, -0.2) is 8.42 Å². The van der Waals surface area contributed by atoms with Gasteiger partial charge < -0.3 is 10.1 Å². The van der Waals surface area contributed by atoms with Gasteiger partial charge in [0.1, 0.15) is 16.5 Å². The average molecular weight is 451 g/mol. The van der Waals surface area contributed by atoms with E-state index in [-0.39, 0.29) is 9.90 Å². The number of nitrogens with one attached hydrogen (secondary N) is 1. The van der Waals surface area contributed by atoms with Crippen molar-refractivity contribution in [3.63, 3.8) is 0 Å². The molecule has 1 heterocycles. The summed E-state index contributed by atoms with van der Waals surface area (Å²) in [5, 5.41) is 4.88. The molecule has 0 bridgehead atoms. The van der Waals surface area contributed by atoms with Crippen LogP contribution in [0.4, 0.5) is 11.4 Å². The van der Waals surface area contributed by atoms with E-state index in [1.54, 1.807) is 53.9 Å². The molecule has 0 aliphatic heterocycles. The summed E-state index contributed by atoms with van der Waals surface area (Å²) in [5.41, 5.74) is 1.64. The Morgan fingerprint density at radius 2 is 1.93 bits per heavy atom. The lowest BCUT2D eigenvalue weighted by atomic mass is 10.2. The molecule has 0 unspecified atom stereocenters. The summed E-state index contributed by atoms with van der Waals surface area (Å²) < 4.78 is 33.0. The Morgan fingerprint density at radius 1 is 1.17 bits per heavy atom. The van der Waals surface area contributed by atoms with Crippen LogP contribution in [0.5, 0.6) is 5.75 Å². The number of benzene rings is 2. The van der Waals surface area contributed by atoms with E-state index in [1.807, 2.05) is 6.92 Å². The van der Waals surface area contributed by atoms with Crippen molar-refractivity contribution in [2.75, 3.05) is 23.3 Å². The molecule has 0 aliphatic carbocycles. The van der Waals surface area contributed by atoms with Gasteiger partial charge in [0.2, 0.25) is 5.91 Å². The van der Waals surface area contributed by atoms with Crippen LogP contribution in [0, 0.1) is 6.92 Å². The van der Waals surface area contributed by atoms with Gasteiger partial charge in [-0.2, -0.15) is 0 Å². The zero-order valence-corrected chi connectivity index (χ0v) is 18.1. The van der Waals surface area contributed by atoms with Crippen molar-refractivity contribution in [1.29, 1.82) is 0 Å². The number of rotatable bonds is 7. The van der Waals surface area contributed by atoms with Gasteiger partial charge in [-0.1, -0.05) is 35.9 Å². The van der Waals surface area contributed by atoms with Gasteiger partial charge in [-0.3, -0.25) is 9.10 Å². The van der Waals surface area contributed by atoms with E-state index in [1.165, 1.54) is 13.2 Å². The summed E-state index contributed by atoms with van der Waals surface area (Å²) in [5.74, 6) is -0.158. The molecule has 2 aromatic carbocycles. The Kier molecular flexibility index (Phi) is 6.46. The standard InChI is InChI=1S/C20H19ClN2O4S2/c1-14-9-10-15(12-16(14)21)22-19(24)13-23(17-6-3-4-7-18(17)27-2)29(25,26)20-8-5-11-28-20/h3-12H,13H2,1-2H3,(H,22,24). The number of methoxy groups -OCH3 is 1. The second-order valence-electron chi connectivity index (χ2n) is 6.13. The van der Waals surface area contributed by atoms with E-state index in [4.69, 9.17) is 16.3 Å². The normalized spacial score (nSPS) is 11.1. The smallest absolute Gasteiger partial charge is 0.274 e. The minimum atomic E-state index is -3.96. The van der Waals surface area contributed by atoms with Crippen LogP contribution in [0.2, 0.25) is 5.02 Å². The van der Waals surface area contributed by atoms with Crippen LogP contribution >= 0.6 is 22.9 Å². The Balaban J connectivity index is 1.95. The number of hydrogen-bond donors (Lipinski definition) is 1. The number of hydrogen-bond acceptors (Lipinski definition) is 5. The van der Waals surface area contributed by atoms with Gasteiger partial charge in [0.25, 0.3) is 10.0 Å². The first-order valence-corrected chi connectivity index (χ1v) is 11.3. The SMILES string of the molecule is COc1ccccc1N(CC(=O)Nc1ccc(C)c(Cl)c1)S(=O)(=O)c1cccs1. The molecule has 1 aromatic heterocycles. The summed E-state index contributed by atoms with van der Waals surface area (Å²) >= 11 is 7.19. The summed E-state index contributed by atoms with van der Waals surface area (Å²) in [6.45, 7) is 1.43. The first-order valence-electron chi connectivity index (χ1n) is 8.58. The Labute approximate surface area is 178 Å². The van der Waals surface area contributed by atoms with Gasteiger partial charge >= 0.3 is 0 Å². The Morgan fingerprint density at radius 3 is 2.59 bits per heavy atom. The quantitative estimate of drug-likeness (QED) is 0.572. The van der Waals surface area contributed by atoms with Crippen molar-refractivity contribution in [3.8, 4) is 5.75 Å². The van der Waals surface area contributed by atoms with E-state index in [2.05, 4.69) is 5.32 Å². The maximum atomic E-state index is 13.2. The van der Waals surface area contributed by atoms with E-state index < -0.39 is 22.5 Å². The molecular formula is C20H19ClN2O4S2. The van der Waals surface area contributed by atoms with Crippen molar-refractivity contribution in [1.82, 2.24) is 0 Å². The first kappa shape index (κ1) is 21.2. The molecule has 1 amide bonds. The van der Waals surface area contributed by atoms with E-state index in [9.17, 15) is 13.2 Å². The predicted molar refractivity (Wildman–Crippen MR) is 117 cm³/mol. The average Bonchev–Trinajstić information content (AvgIpc) is 3.25. The third-order valence-corrected chi connectivity index (χ3v) is 7.68. The molecule has 1 N–H and O–H groups in total. The summed E-state index contributed by atoms with van der Waals surface area (Å²) in [6.07, 6.45) is 0. The third-order valence-electron chi connectivity index (χ3n) is 4.14. The number of halogens is 1. The molecular weight excluding hydrogens is 432 g/mol. The van der Waals surface area contributed by atoms with Crippen molar-refractivity contribution < 1.29 is 17.9 Å². The minimum Gasteiger partial charge on any atom is -0.495 e. The highest BCUT2D eigenvalue weighted by molar-refractivity contribution is 7.94. The van der Waals surface area contributed by atoms with Crippen LogP contribution in [0.15, 0.2) is 64.2 Å². The molecule has 152 valence electrons. The molecule has 0 spiro atoms. The van der Waals surface area contributed by atoms with Gasteiger partial charge in [-0.15, -0.1) is 11.3 Å². The van der Waals surface area contributed by atoms with E-state index in [0.29, 0.717) is 16.5 Å². The molecule has 0 saturated heterocycles. The lowest BCUT2D eigenvalue weighted by molar-refractivity contribution is -0.114. The maximum Gasteiger partial charge on any atom is 0.274 e. The second kappa shape index (κ2) is 8.86. The van der Waals surface area contributed by atoms with Gasteiger partial charge in [0.05, 0.1) is 12.8 Å². The van der Waals surface area contributed by atoms with Crippen LogP contribution in [0.25, 0.3) is 0 Å². The fraction of sp³-hybridized carbons (Fsp3) is 0.150. The number of carbonyl (C=O) groups excluding carboxylic acids is 1. The van der Waals surface area contributed by atoms with Gasteiger partial charge in [-0.05, 0) is 48.2 Å². The molecule has 6 nitrogen and oxygen atoms in total. The number of anilines is 2. The molecule has 0 aliphatic rings. The van der Waals surface area contributed by atoms with Crippen molar-refractivity contribution in [2.24, 2.45) is 0 Å². The largest absolute Gasteiger partial charge is 0.495 e. The molecule has 0 radical (unpaired) electrons. The van der Waals surface area contributed by atoms with Crippen molar-refractivity contribution in [3.05, 3.63) is 70.6 Å². The van der Waals surface area contributed by atoms with Crippen molar-refractivity contribution in [2.45, 2.75) is 11.1 Å². The number of thiophene rings is 1. The summed E-state index contributed by atoms with van der Waals surface area (Å²) in [6, 6.07) is 14.9. The number of sulfonamides is 1. The maximum absolute atomic E-state index is 13.2. The molecule has 3 aromatic rings. The van der Waals surface area contributed by atoms with Crippen LogP contribution < -0.4 is 14.4 Å². The van der Waals surface area contributed by atoms with Crippen LogP contribution in [0.3, 0.4) is 0 Å². The highest BCUT2D eigenvalue weighted by Crippen LogP contribution is 2.33. The molecule has 9 heteroatoms. The van der Waals surface area contributed by atoms with Crippen molar-refractivity contribution >= 4 is 50.2 Å². The van der Waals surface area contributed by atoms with E-state index >= 15 is 0 Å². The summed E-state index contributed by atoms with van der Waals surface area (Å²) in [4.78, 5) is 12.7. The van der Waals surface area contributed by atoms with E-state index in [0.717, 1.165) is 21.2 Å². The molecule has 29 heavy (non-hydrogen) atoms. The molecule has 0 fully saturated rings. The fourth-order valence-electron chi connectivity index (χ4n) is 2.66. The number of amides is 1. The molecule has 3 rings (SSSR count). The third kappa shape index (κ3) is 4.72. The predicted octanol–water partition coefficient (Wildman–Crippen LogP) is 4.55. The highest BCUT2D eigenvalue weighted by Gasteiger charge is 2.30. The zero-order chi connectivity index (χ0) is 21.0. The lowest BCUT2D eigenvalue weighted by Crippen LogP contribution is -2.38. The number of aryl methyl sites for hydroxylation is 1. The van der Waals surface area contributed by atoms with Crippen LogP contribution in [-0.4, -0.2) is 28.0 Å². The second-order valence-corrected chi connectivity index (χ2v) is 9.57. The monoisotopic (exact) mass is 450 g/mol. The van der Waals surface area contributed by atoms with Gasteiger partial charge in [0.15, 0.2) is 0 Å². The number of nitrogens with zero attached hydrogens (tertiary/aromatic N) is 1.